The summed E-state index contributed by atoms with van der Waals surface area (Å²) in [5.74, 6) is 1.32. The number of rotatable bonds is 5. The maximum atomic E-state index is 13.0. The first-order valence-electron chi connectivity index (χ1n) is 8.82. The van der Waals surface area contributed by atoms with Gasteiger partial charge in [-0.15, -0.1) is 0 Å². The molecule has 3 rings (SSSR count). The number of nitrogens with zero attached hydrogens (tertiary/aromatic N) is 4. The fourth-order valence-corrected chi connectivity index (χ4v) is 2.92. The maximum absolute atomic E-state index is 13.0. The van der Waals surface area contributed by atoms with Gasteiger partial charge in [-0.05, 0) is 37.1 Å². The minimum Gasteiger partial charge on any atom is -0.488 e. The summed E-state index contributed by atoms with van der Waals surface area (Å²) in [7, 11) is 0. The second-order valence-electron chi connectivity index (χ2n) is 6.42. The number of hydrogen-bond donors (Lipinski definition) is 0. The van der Waals surface area contributed by atoms with Crippen LogP contribution in [0.25, 0.3) is 0 Å². The molecular weight excluding hydrogens is 328 g/mol. The molecule has 0 unspecified atom stereocenters. The Morgan fingerprint density at radius 1 is 1.12 bits per heavy atom. The van der Waals surface area contributed by atoms with Crippen molar-refractivity contribution in [3.63, 3.8) is 0 Å². The van der Waals surface area contributed by atoms with Crippen molar-refractivity contribution in [3.05, 3.63) is 60.4 Å². The smallest absolute Gasteiger partial charge is 0.257 e. The molecular formula is C20H24N4O2. The van der Waals surface area contributed by atoms with E-state index in [9.17, 15) is 4.79 Å². The third kappa shape index (κ3) is 4.39. The molecule has 6 nitrogen and oxygen atoms in total. The van der Waals surface area contributed by atoms with Gasteiger partial charge in [-0.1, -0.05) is 18.7 Å². The Morgan fingerprint density at radius 3 is 2.65 bits per heavy atom. The second kappa shape index (κ2) is 8.47. The van der Waals surface area contributed by atoms with E-state index in [1.807, 2.05) is 36.1 Å². The van der Waals surface area contributed by atoms with Crippen LogP contribution in [0.4, 0.5) is 5.95 Å². The number of aromatic nitrogens is 2. The molecule has 2 aromatic rings. The summed E-state index contributed by atoms with van der Waals surface area (Å²) in [5, 5.41) is 0. The van der Waals surface area contributed by atoms with E-state index in [1.54, 1.807) is 18.5 Å². The van der Waals surface area contributed by atoms with Crippen molar-refractivity contribution in [2.24, 2.45) is 0 Å². The number of ether oxygens (including phenoxy) is 1. The van der Waals surface area contributed by atoms with Gasteiger partial charge >= 0.3 is 0 Å². The van der Waals surface area contributed by atoms with Gasteiger partial charge in [0.05, 0.1) is 5.56 Å². The molecule has 1 aromatic carbocycles. The average Bonchev–Trinajstić information content (AvgIpc) is 2.93. The molecule has 1 aliphatic heterocycles. The molecule has 0 atom stereocenters. The van der Waals surface area contributed by atoms with Gasteiger partial charge in [-0.2, -0.15) is 0 Å². The van der Waals surface area contributed by atoms with Crippen LogP contribution in [-0.4, -0.2) is 53.6 Å². The summed E-state index contributed by atoms with van der Waals surface area (Å²) < 4.78 is 5.75. The van der Waals surface area contributed by atoms with Gasteiger partial charge in [0.15, 0.2) is 0 Å². The lowest BCUT2D eigenvalue weighted by atomic mass is 10.1. The predicted octanol–water partition coefficient (Wildman–Crippen LogP) is 2.78. The summed E-state index contributed by atoms with van der Waals surface area (Å²) in [5.41, 5.74) is 1.51. The Labute approximate surface area is 154 Å². The van der Waals surface area contributed by atoms with Crippen molar-refractivity contribution in [3.8, 4) is 5.75 Å². The van der Waals surface area contributed by atoms with Gasteiger partial charge < -0.3 is 14.5 Å². The van der Waals surface area contributed by atoms with E-state index in [0.29, 0.717) is 43.5 Å². The van der Waals surface area contributed by atoms with Gasteiger partial charge in [0.25, 0.3) is 5.91 Å². The van der Waals surface area contributed by atoms with Crippen molar-refractivity contribution < 1.29 is 9.53 Å². The lowest BCUT2D eigenvalue weighted by Gasteiger charge is -2.23. The van der Waals surface area contributed by atoms with Crippen LogP contribution in [0.1, 0.15) is 23.7 Å². The summed E-state index contributed by atoms with van der Waals surface area (Å²) in [6.45, 7) is 9.04. The fraction of sp³-hybridized carbons (Fsp3) is 0.350. The maximum Gasteiger partial charge on any atom is 0.257 e. The topological polar surface area (TPSA) is 58.6 Å². The van der Waals surface area contributed by atoms with E-state index >= 15 is 0 Å². The molecule has 1 fully saturated rings. The highest BCUT2D eigenvalue weighted by Crippen LogP contribution is 2.21. The largest absolute Gasteiger partial charge is 0.488 e. The molecule has 0 N–H and O–H groups in total. The molecule has 0 saturated carbocycles. The predicted molar refractivity (Wildman–Crippen MR) is 102 cm³/mol. The van der Waals surface area contributed by atoms with Crippen LogP contribution in [0.5, 0.6) is 5.75 Å². The number of para-hydroxylation sites is 1. The Morgan fingerprint density at radius 2 is 1.88 bits per heavy atom. The van der Waals surface area contributed by atoms with E-state index in [1.165, 1.54) is 0 Å². The summed E-state index contributed by atoms with van der Waals surface area (Å²) in [4.78, 5) is 25.7. The number of hydrogen-bond acceptors (Lipinski definition) is 5. The Balaban J connectivity index is 1.70. The van der Waals surface area contributed by atoms with Gasteiger partial charge in [-0.3, -0.25) is 4.79 Å². The zero-order chi connectivity index (χ0) is 18.4. The summed E-state index contributed by atoms with van der Waals surface area (Å²) in [6, 6.07) is 9.19. The van der Waals surface area contributed by atoms with Gasteiger partial charge in [-0.25, -0.2) is 9.97 Å². The van der Waals surface area contributed by atoms with Crippen LogP contribution in [0.3, 0.4) is 0 Å². The van der Waals surface area contributed by atoms with E-state index in [-0.39, 0.29) is 5.91 Å². The minimum absolute atomic E-state index is 0.00172. The lowest BCUT2D eigenvalue weighted by Crippen LogP contribution is -2.35. The highest BCUT2D eigenvalue weighted by Gasteiger charge is 2.23. The number of carbonyl (C=O) groups excluding carboxylic acids is 1. The number of amides is 1. The van der Waals surface area contributed by atoms with Crippen LogP contribution < -0.4 is 9.64 Å². The van der Waals surface area contributed by atoms with Crippen LogP contribution in [0, 0.1) is 0 Å². The van der Waals surface area contributed by atoms with Crippen molar-refractivity contribution >= 4 is 11.9 Å². The zero-order valence-electron chi connectivity index (χ0n) is 15.1. The number of anilines is 1. The second-order valence-corrected chi connectivity index (χ2v) is 6.42. The van der Waals surface area contributed by atoms with Gasteiger partial charge in [0.2, 0.25) is 5.95 Å². The third-order valence-corrected chi connectivity index (χ3v) is 4.21. The molecule has 0 radical (unpaired) electrons. The fourth-order valence-electron chi connectivity index (χ4n) is 2.92. The minimum atomic E-state index is -0.00172. The summed E-state index contributed by atoms with van der Waals surface area (Å²) >= 11 is 0. The molecule has 1 aromatic heterocycles. The van der Waals surface area contributed by atoms with E-state index in [0.717, 1.165) is 18.5 Å². The number of benzene rings is 1. The Hall–Kier alpha value is -2.89. The number of carbonyl (C=O) groups is 1. The van der Waals surface area contributed by atoms with Crippen LogP contribution >= 0.6 is 0 Å². The molecule has 1 saturated heterocycles. The quantitative estimate of drug-likeness (QED) is 0.775. The SMILES string of the molecule is C=C(C)COc1ccccc1C(=O)N1CCCN(c2ncccn2)CC1. The first kappa shape index (κ1) is 17.9. The monoisotopic (exact) mass is 352 g/mol. The molecule has 1 amide bonds. The molecule has 6 heteroatoms. The Bertz CT molecular complexity index is 763. The molecule has 0 bridgehead atoms. The summed E-state index contributed by atoms with van der Waals surface area (Å²) in [6.07, 6.45) is 4.36. The Kier molecular flexibility index (Phi) is 5.84. The molecule has 0 aliphatic carbocycles. The van der Waals surface area contributed by atoms with Crippen LogP contribution in [0.15, 0.2) is 54.9 Å². The molecule has 2 heterocycles. The average molecular weight is 352 g/mol. The van der Waals surface area contributed by atoms with E-state index in [2.05, 4.69) is 21.4 Å². The highest BCUT2D eigenvalue weighted by atomic mass is 16.5. The van der Waals surface area contributed by atoms with Gasteiger partial charge in [0.1, 0.15) is 12.4 Å². The first-order valence-corrected chi connectivity index (χ1v) is 8.82. The molecule has 1 aliphatic rings. The first-order chi connectivity index (χ1) is 12.6. The van der Waals surface area contributed by atoms with Crippen molar-refractivity contribution in [1.82, 2.24) is 14.9 Å². The van der Waals surface area contributed by atoms with Crippen LogP contribution in [0.2, 0.25) is 0 Å². The van der Waals surface area contributed by atoms with E-state index < -0.39 is 0 Å². The molecule has 0 spiro atoms. The molecule has 136 valence electrons. The van der Waals surface area contributed by atoms with Crippen LogP contribution in [-0.2, 0) is 0 Å². The third-order valence-electron chi connectivity index (χ3n) is 4.21. The lowest BCUT2D eigenvalue weighted by molar-refractivity contribution is 0.0763. The zero-order valence-corrected chi connectivity index (χ0v) is 15.1. The van der Waals surface area contributed by atoms with Crippen molar-refractivity contribution in [1.29, 1.82) is 0 Å². The standard InChI is InChI=1S/C20H24N4O2/c1-16(2)15-26-18-8-4-3-7-17(18)19(25)23-11-6-12-24(14-13-23)20-21-9-5-10-22-20/h3-5,7-10H,1,6,11-15H2,2H3. The highest BCUT2D eigenvalue weighted by molar-refractivity contribution is 5.97. The van der Waals surface area contributed by atoms with Gasteiger partial charge in [0, 0.05) is 38.6 Å². The normalized spacial score (nSPS) is 14.7. The van der Waals surface area contributed by atoms with E-state index in [4.69, 9.17) is 4.74 Å². The van der Waals surface area contributed by atoms with Crippen molar-refractivity contribution in [2.75, 3.05) is 37.7 Å². The molecule has 26 heavy (non-hydrogen) atoms. The van der Waals surface area contributed by atoms with Crippen molar-refractivity contribution in [2.45, 2.75) is 13.3 Å².